The molecule has 4 aromatic rings. The van der Waals surface area contributed by atoms with Crippen molar-refractivity contribution >= 4 is 33.7 Å². The number of nitrogens with zero attached hydrogens (tertiary/aromatic N) is 1. The number of carbonyl (C=O) groups excluding carboxylic acids is 1. The van der Waals surface area contributed by atoms with Gasteiger partial charge in [0.25, 0.3) is 0 Å². The summed E-state index contributed by atoms with van der Waals surface area (Å²) in [5.41, 5.74) is 4.83. The molecule has 132 valence electrons. The fourth-order valence-electron chi connectivity index (χ4n) is 3.32. The van der Waals surface area contributed by atoms with E-state index in [-0.39, 0.29) is 5.91 Å². The van der Waals surface area contributed by atoms with E-state index in [4.69, 9.17) is 0 Å². The highest BCUT2D eigenvalue weighted by Gasteiger charge is 2.06. The molecule has 4 rings (SSSR count). The Labute approximate surface area is 158 Å². The Bertz CT molecular complexity index is 1060. The highest BCUT2D eigenvalue weighted by atomic mass is 16.2. The first-order valence-electron chi connectivity index (χ1n) is 9.07. The molecule has 0 saturated carbocycles. The quantitative estimate of drug-likeness (QED) is 0.304. The van der Waals surface area contributed by atoms with E-state index in [0.29, 0.717) is 12.8 Å². The van der Waals surface area contributed by atoms with E-state index in [2.05, 4.69) is 40.9 Å². The van der Waals surface area contributed by atoms with Gasteiger partial charge in [-0.15, -0.1) is 0 Å². The summed E-state index contributed by atoms with van der Waals surface area (Å²) in [5, 5.41) is 8.80. The van der Waals surface area contributed by atoms with E-state index in [0.717, 1.165) is 32.7 Å². The van der Waals surface area contributed by atoms with Gasteiger partial charge in [0.2, 0.25) is 5.91 Å². The lowest BCUT2D eigenvalue weighted by Crippen LogP contribution is -2.17. The zero-order chi connectivity index (χ0) is 18.5. The number of hydrogen-bond acceptors (Lipinski definition) is 2. The largest absolute Gasteiger partial charge is 0.273 e. The summed E-state index contributed by atoms with van der Waals surface area (Å²) < 4.78 is 0. The van der Waals surface area contributed by atoms with Crippen LogP contribution in [0.15, 0.2) is 90.0 Å². The van der Waals surface area contributed by atoms with Crippen LogP contribution in [0, 0.1) is 0 Å². The van der Waals surface area contributed by atoms with Gasteiger partial charge in [0.05, 0.1) is 6.21 Å². The SMILES string of the molecule is O=C(CCc1ccccc1)NN=Cc1c2ccccc2cc2ccccc12. The lowest BCUT2D eigenvalue weighted by molar-refractivity contribution is -0.121. The predicted octanol–water partition coefficient (Wildman–Crippen LogP) is 5.08. The topological polar surface area (TPSA) is 41.5 Å². The molecule has 1 N–H and O–H groups in total. The minimum atomic E-state index is -0.0837. The molecule has 0 aliphatic rings. The van der Waals surface area contributed by atoms with Crippen LogP contribution in [-0.4, -0.2) is 12.1 Å². The number of nitrogens with one attached hydrogen (secondary N) is 1. The van der Waals surface area contributed by atoms with Crippen LogP contribution in [0.2, 0.25) is 0 Å². The Morgan fingerprint density at radius 1 is 0.815 bits per heavy atom. The molecule has 3 nitrogen and oxygen atoms in total. The minimum absolute atomic E-state index is 0.0837. The molecule has 1 amide bonds. The number of fused-ring (bicyclic) bond motifs is 2. The molecule has 0 aromatic heterocycles. The van der Waals surface area contributed by atoms with Gasteiger partial charge in [0, 0.05) is 12.0 Å². The Kier molecular flexibility index (Phi) is 4.93. The number of carbonyl (C=O) groups is 1. The van der Waals surface area contributed by atoms with Gasteiger partial charge in [-0.1, -0.05) is 78.9 Å². The van der Waals surface area contributed by atoms with Crippen molar-refractivity contribution in [1.82, 2.24) is 5.43 Å². The van der Waals surface area contributed by atoms with E-state index in [1.165, 1.54) is 0 Å². The van der Waals surface area contributed by atoms with Gasteiger partial charge >= 0.3 is 0 Å². The molecule has 4 aromatic carbocycles. The summed E-state index contributed by atoms with van der Waals surface area (Å²) in [5.74, 6) is -0.0837. The van der Waals surface area contributed by atoms with Gasteiger partial charge in [0.15, 0.2) is 0 Å². The van der Waals surface area contributed by atoms with Crippen molar-refractivity contribution in [2.75, 3.05) is 0 Å². The Morgan fingerprint density at radius 2 is 1.41 bits per heavy atom. The number of amides is 1. The molecule has 27 heavy (non-hydrogen) atoms. The monoisotopic (exact) mass is 352 g/mol. The highest BCUT2D eigenvalue weighted by molar-refractivity contribution is 6.13. The van der Waals surface area contributed by atoms with Crippen LogP contribution in [0.3, 0.4) is 0 Å². The third-order valence-corrected chi connectivity index (χ3v) is 4.68. The summed E-state index contributed by atoms with van der Waals surface area (Å²) >= 11 is 0. The standard InChI is InChI=1S/C24H20N2O/c27-24(15-14-18-8-2-1-3-9-18)26-25-17-23-21-12-6-4-10-19(21)16-20-11-5-7-13-22(20)23/h1-13,16-17H,14-15H2,(H,26,27). The molecule has 0 aliphatic carbocycles. The second kappa shape index (κ2) is 7.83. The molecule has 0 spiro atoms. The van der Waals surface area contributed by atoms with Gasteiger partial charge in [-0.3, -0.25) is 4.79 Å². The lowest BCUT2D eigenvalue weighted by atomic mass is 9.97. The molecule has 0 atom stereocenters. The second-order valence-electron chi connectivity index (χ2n) is 6.51. The average Bonchev–Trinajstić information content (AvgIpc) is 2.72. The molecule has 0 fully saturated rings. The Balaban J connectivity index is 1.54. The summed E-state index contributed by atoms with van der Waals surface area (Å²) in [6, 6.07) is 28.6. The van der Waals surface area contributed by atoms with Crippen LogP contribution in [0.1, 0.15) is 17.5 Å². The third kappa shape index (κ3) is 3.87. The average molecular weight is 352 g/mol. The number of benzene rings is 4. The number of hydrazone groups is 1. The third-order valence-electron chi connectivity index (χ3n) is 4.68. The maximum absolute atomic E-state index is 12.1. The second-order valence-corrected chi connectivity index (χ2v) is 6.51. The Hall–Kier alpha value is -3.46. The summed E-state index contributed by atoms with van der Waals surface area (Å²) in [4.78, 5) is 12.1. The van der Waals surface area contributed by atoms with Crippen LogP contribution < -0.4 is 5.43 Å². The normalized spacial score (nSPS) is 11.3. The number of aryl methyl sites for hydroxylation is 1. The van der Waals surface area contributed by atoms with Gasteiger partial charge in [-0.2, -0.15) is 5.10 Å². The molecule has 0 saturated heterocycles. The number of rotatable bonds is 5. The van der Waals surface area contributed by atoms with Gasteiger partial charge < -0.3 is 0 Å². The highest BCUT2D eigenvalue weighted by Crippen LogP contribution is 2.27. The van der Waals surface area contributed by atoms with Crippen LogP contribution in [0.25, 0.3) is 21.5 Å². The summed E-state index contributed by atoms with van der Waals surface area (Å²) in [6.45, 7) is 0. The van der Waals surface area contributed by atoms with Crippen LogP contribution in [-0.2, 0) is 11.2 Å². The summed E-state index contributed by atoms with van der Waals surface area (Å²) in [7, 11) is 0. The molecule has 0 radical (unpaired) electrons. The van der Waals surface area contributed by atoms with E-state index >= 15 is 0 Å². The minimum Gasteiger partial charge on any atom is -0.273 e. The molecule has 0 bridgehead atoms. The molecule has 3 heteroatoms. The predicted molar refractivity (Wildman–Crippen MR) is 112 cm³/mol. The number of hydrogen-bond donors (Lipinski definition) is 1. The molecular weight excluding hydrogens is 332 g/mol. The van der Waals surface area contributed by atoms with Crippen molar-refractivity contribution in [3.05, 3.63) is 96.1 Å². The van der Waals surface area contributed by atoms with Crippen molar-refractivity contribution in [2.24, 2.45) is 5.10 Å². The van der Waals surface area contributed by atoms with E-state index in [1.54, 1.807) is 6.21 Å². The van der Waals surface area contributed by atoms with Crippen LogP contribution in [0.4, 0.5) is 0 Å². The van der Waals surface area contributed by atoms with E-state index < -0.39 is 0 Å². The van der Waals surface area contributed by atoms with Gasteiger partial charge in [-0.25, -0.2) is 5.43 Å². The zero-order valence-corrected chi connectivity index (χ0v) is 14.9. The van der Waals surface area contributed by atoms with Crippen molar-refractivity contribution in [3.8, 4) is 0 Å². The fraction of sp³-hybridized carbons (Fsp3) is 0.0833. The fourth-order valence-corrected chi connectivity index (χ4v) is 3.32. The summed E-state index contributed by atoms with van der Waals surface area (Å²) in [6.07, 6.45) is 2.88. The Morgan fingerprint density at radius 3 is 2.07 bits per heavy atom. The first-order valence-corrected chi connectivity index (χ1v) is 9.07. The van der Waals surface area contributed by atoms with Gasteiger partial charge in [-0.05, 0) is 39.6 Å². The molecular formula is C24H20N2O. The van der Waals surface area contributed by atoms with Crippen molar-refractivity contribution < 1.29 is 4.79 Å². The molecule has 0 unspecified atom stereocenters. The van der Waals surface area contributed by atoms with E-state index in [9.17, 15) is 4.79 Å². The van der Waals surface area contributed by atoms with Crippen molar-refractivity contribution in [2.45, 2.75) is 12.8 Å². The van der Waals surface area contributed by atoms with Gasteiger partial charge in [0.1, 0.15) is 0 Å². The lowest BCUT2D eigenvalue weighted by Gasteiger charge is -2.08. The first-order chi connectivity index (χ1) is 13.3. The maximum atomic E-state index is 12.1. The van der Waals surface area contributed by atoms with Crippen molar-refractivity contribution in [3.63, 3.8) is 0 Å². The zero-order valence-electron chi connectivity index (χ0n) is 14.9. The van der Waals surface area contributed by atoms with Crippen LogP contribution in [0.5, 0.6) is 0 Å². The smallest absolute Gasteiger partial charge is 0.240 e. The van der Waals surface area contributed by atoms with E-state index in [1.807, 2.05) is 54.6 Å². The molecule has 0 aliphatic heterocycles. The van der Waals surface area contributed by atoms with Crippen molar-refractivity contribution in [1.29, 1.82) is 0 Å². The first kappa shape index (κ1) is 17.0. The maximum Gasteiger partial charge on any atom is 0.240 e. The molecule has 0 heterocycles. The van der Waals surface area contributed by atoms with Crippen LogP contribution >= 0.6 is 0 Å².